The second kappa shape index (κ2) is 3.62. The number of halogens is 3. The summed E-state index contributed by atoms with van der Waals surface area (Å²) < 4.78 is 24.9. The first-order chi connectivity index (χ1) is 5.51. The highest BCUT2D eigenvalue weighted by Crippen LogP contribution is 2.21. The second-order valence-electron chi connectivity index (χ2n) is 2.47. The van der Waals surface area contributed by atoms with Crippen molar-refractivity contribution in [2.24, 2.45) is 0 Å². The van der Waals surface area contributed by atoms with Crippen LogP contribution < -0.4 is 0 Å². The van der Waals surface area contributed by atoms with Crippen LogP contribution >= 0.6 is 22.9 Å². The zero-order chi connectivity index (χ0) is 9.19. The van der Waals surface area contributed by atoms with E-state index in [4.69, 9.17) is 11.6 Å². The molecule has 0 amide bonds. The zero-order valence-corrected chi connectivity index (χ0v) is 7.92. The van der Waals surface area contributed by atoms with E-state index >= 15 is 0 Å². The van der Waals surface area contributed by atoms with E-state index in [0.717, 1.165) is 18.3 Å². The van der Waals surface area contributed by atoms with Crippen LogP contribution in [-0.2, 0) is 12.3 Å². The Morgan fingerprint density at radius 2 is 2.00 bits per heavy atom. The standard InChI is InChI=1S/C6H7ClF2N2S/c1-6(8,9)2-4-10-11-5(3-7)12-4/h2-3H2,1H3. The van der Waals surface area contributed by atoms with Gasteiger partial charge in [-0.3, -0.25) is 0 Å². The molecule has 0 spiro atoms. The van der Waals surface area contributed by atoms with Gasteiger partial charge in [-0.25, -0.2) is 8.78 Å². The van der Waals surface area contributed by atoms with Crippen LogP contribution in [0, 0.1) is 0 Å². The van der Waals surface area contributed by atoms with Gasteiger partial charge >= 0.3 is 0 Å². The van der Waals surface area contributed by atoms with E-state index in [2.05, 4.69) is 10.2 Å². The van der Waals surface area contributed by atoms with Crippen molar-refractivity contribution in [1.82, 2.24) is 10.2 Å². The van der Waals surface area contributed by atoms with Crippen LogP contribution in [0.15, 0.2) is 0 Å². The topological polar surface area (TPSA) is 25.8 Å². The first kappa shape index (κ1) is 9.80. The van der Waals surface area contributed by atoms with E-state index in [1.54, 1.807) is 0 Å². The summed E-state index contributed by atoms with van der Waals surface area (Å²) in [6.07, 6.45) is -0.360. The van der Waals surface area contributed by atoms with Gasteiger partial charge in [-0.1, -0.05) is 0 Å². The summed E-state index contributed by atoms with van der Waals surface area (Å²) in [6.45, 7) is 0.856. The third-order valence-electron chi connectivity index (χ3n) is 1.08. The van der Waals surface area contributed by atoms with Crippen molar-refractivity contribution in [2.75, 3.05) is 0 Å². The smallest absolute Gasteiger partial charge is 0.207 e. The number of aromatic nitrogens is 2. The first-order valence-corrected chi connectivity index (χ1v) is 4.61. The van der Waals surface area contributed by atoms with Crippen molar-refractivity contribution in [3.63, 3.8) is 0 Å². The molecule has 0 saturated heterocycles. The van der Waals surface area contributed by atoms with Gasteiger partial charge in [0.05, 0.1) is 12.3 Å². The Morgan fingerprint density at radius 1 is 1.42 bits per heavy atom. The quantitative estimate of drug-likeness (QED) is 0.720. The molecule has 0 unspecified atom stereocenters. The molecule has 1 heterocycles. The SMILES string of the molecule is CC(F)(F)Cc1nnc(CCl)s1. The average Bonchev–Trinajstić information content (AvgIpc) is 2.32. The van der Waals surface area contributed by atoms with Gasteiger partial charge in [0.25, 0.3) is 5.92 Å². The van der Waals surface area contributed by atoms with Gasteiger partial charge in [-0.05, 0) is 6.92 Å². The molecule has 68 valence electrons. The number of alkyl halides is 3. The Balaban J connectivity index is 2.64. The highest BCUT2D eigenvalue weighted by molar-refractivity contribution is 7.11. The molecule has 0 aliphatic heterocycles. The fraction of sp³-hybridized carbons (Fsp3) is 0.667. The maximum absolute atomic E-state index is 12.4. The molecule has 1 aromatic rings. The van der Waals surface area contributed by atoms with Gasteiger partial charge in [0.15, 0.2) is 0 Å². The lowest BCUT2D eigenvalue weighted by Crippen LogP contribution is -2.13. The van der Waals surface area contributed by atoms with Gasteiger partial charge < -0.3 is 0 Å². The predicted octanol–water partition coefficient (Wildman–Crippen LogP) is 2.47. The first-order valence-electron chi connectivity index (χ1n) is 3.26. The molecule has 0 N–H and O–H groups in total. The molecule has 0 aromatic carbocycles. The van der Waals surface area contributed by atoms with E-state index < -0.39 is 5.92 Å². The lowest BCUT2D eigenvalue weighted by molar-refractivity contribution is 0.0224. The largest absolute Gasteiger partial charge is 0.251 e. The van der Waals surface area contributed by atoms with Crippen LogP contribution in [0.1, 0.15) is 16.9 Å². The predicted molar refractivity (Wildman–Crippen MR) is 43.8 cm³/mol. The third kappa shape index (κ3) is 2.98. The minimum absolute atomic E-state index is 0.229. The molecule has 0 saturated carbocycles. The molecule has 1 rings (SSSR count). The lowest BCUT2D eigenvalue weighted by Gasteiger charge is -2.05. The highest BCUT2D eigenvalue weighted by Gasteiger charge is 2.23. The van der Waals surface area contributed by atoms with Crippen LogP contribution in [0.2, 0.25) is 0 Å². The molecule has 0 bridgehead atoms. The molecule has 2 nitrogen and oxygen atoms in total. The van der Waals surface area contributed by atoms with Crippen molar-refractivity contribution >= 4 is 22.9 Å². The van der Waals surface area contributed by atoms with Crippen molar-refractivity contribution in [3.8, 4) is 0 Å². The molecule has 0 radical (unpaired) electrons. The van der Waals surface area contributed by atoms with Gasteiger partial charge in [-0.2, -0.15) is 0 Å². The maximum atomic E-state index is 12.4. The summed E-state index contributed by atoms with van der Waals surface area (Å²) in [5, 5.41) is 8.11. The molecule has 6 heteroatoms. The molecule has 12 heavy (non-hydrogen) atoms. The van der Waals surface area contributed by atoms with Crippen molar-refractivity contribution < 1.29 is 8.78 Å². The fourth-order valence-electron chi connectivity index (χ4n) is 0.679. The summed E-state index contributed by atoms with van der Waals surface area (Å²) in [5.74, 6) is -2.49. The van der Waals surface area contributed by atoms with E-state index in [1.807, 2.05) is 0 Å². The van der Waals surface area contributed by atoms with Crippen LogP contribution in [0.4, 0.5) is 8.78 Å². The normalized spacial score (nSPS) is 12.0. The Hall–Kier alpha value is -0.290. The molecule has 1 aromatic heterocycles. The lowest BCUT2D eigenvalue weighted by atomic mass is 10.3. The Kier molecular flexibility index (Phi) is 2.95. The molecule has 0 atom stereocenters. The van der Waals surface area contributed by atoms with Crippen molar-refractivity contribution in [2.45, 2.75) is 25.1 Å². The Bertz CT molecular complexity index is 258. The number of nitrogens with zero attached hydrogens (tertiary/aromatic N) is 2. The van der Waals surface area contributed by atoms with Crippen LogP contribution in [0.25, 0.3) is 0 Å². The maximum Gasteiger partial charge on any atom is 0.251 e. The van der Waals surface area contributed by atoms with Gasteiger partial charge in [-0.15, -0.1) is 33.1 Å². The Labute approximate surface area is 77.6 Å². The molecule has 0 aliphatic rings. The summed E-state index contributed by atoms with van der Waals surface area (Å²) >= 11 is 6.56. The average molecular weight is 213 g/mol. The van der Waals surface area contributed by atoms with Gasteiger partial charge in [0.2, 0.25) is 0 Å². The van der Waals surface area contributed by atoms with E-state index in [0.29, 0.717) is 10.0 Å². The van der Waals surface area contributed by atoms with E-state index in [-0.39, 0.29) is 12.3 Å². The minimum atomic E-state index is -2.72. The minimum Gasteiger partial charge on any atom is -0.207 e. The van der Waals surface area contributed by atoms with Gasteiger partial charge in [0, 0.05) is 0 Å². The number of rotatable bonds is 3. The number of hydrogen-bond acceptors (Lipinski definition) is 3. The highest BCUT2D eigenvalue weighted by atomic mass is 35.5. The summed E-state index contributed by atoms with van der Waals surface area (Å²) in [4.78, 5) is 0. The fourth-order valence-corrected chi connectivity index (χ4v) is 1.71. The summed E-state index contributed by atoms with van der Waals surface area (Å²) in [5.41, 5.74) is 0. The van der Waals surface area contributed by atoms with Crippen LogP contribution in [0.5, 0.6) is 0 Å². The van der Waals surface area contributed by atoms with E-state index in [1.165, 1.54) is 0 Å². The molecular weight excluding hydrogens is 206 g/mol. The summed E-state index contributed by atoms with van der Waals surface area (Å²) in [7, 11) is 0. The molecular formula is C6H7ClF2N2S. The monoisotopic (exact) mass is 212 g/mol. The molecule has 0 fully saturated rings. The van der Waals surface area contributed by atoms with Crippen molar-refractivity contribution in [3.05, 3.63) is 10.0 Å². The van der Waals surface area contributed by atoms with Crippen LogP contribution in [0.3, 0.4) is 0 Å². The van der Waals surface area contributed by atoms with E-state index in [9.17, 15) is 8.78 Å². The van der Waals surface area contributed by atoms with Gasteiger partial charge in [0.1, 0.15) is 10.0 Å². The third-order valence-corrected chi connectivity index (χ3v) is 2.42. The molecule has 0 aliphatic carbocycles. The Morgan fingerprint density at radius 3 is 2.42 bits per heavy atom. The second-order valence-corrected chi connectivity index (χ2v) is 3.88. The summed E-state index contributed by atoms with van der Waals surface area (Å²) in [6, 6.07) is 0. The van der Waals surface area contributed by atoms with Crippen LogP contribution in [-0.4, -0.2) is 16.1 Å². The number of hydrogen-bond donors (Lipinski definition) is 0. The van der Waals surface area contributed by atoms with Crippen molar-refractivity contribution in [1.29, 1.82) is 0 Å². The zero-order valence-electron chi connectivity index (χ0n) is 6.35.